The van der Waals surface area contributed by atoms with Gasteiger partial charge in [0, 0.05) is 38.4 Å². The van der Waals surface area contributed by atoms with Gasteiger partial charge in [-0.15, -0.1) is 0 Å². The first-order chi connectivity index (χ1) is 11.5. The Bertz CT molecular complexity index is 603. The third-order valence-electron chi connectivity index (χ3n) is 5.07. The highest BCUT2D eigenvalue weighted by Crippen LogP contribution is 2.27. The number of likely N-dealkylation sites (tertiary alicyclic amines) is 1. The third-order valence-corrected chi connectivity index (χ3v) is 5.07. The standard InChI is InChI=1S/C18H26N4O2/c1-21(2)18(24)20-16-5-3-4-13(10-16)17(23)22-8-6-14-11-19-12-15(14)7-9-22/h3-5,10,14-15,19H,6-9,11-12H2,1-2H3,(H,20,24)/t14-,15+. The van der Waals surface area contributed by atoms with E-state index in [4.69, 9.17) is 0 Å². The fourth-order valence-corrected chi connectivity index (χ4v) is 3.57. The molecule has 2 aliphatic heterocycles. The van der Waals surface area contributed by atoms with Crippen molar-refractivity contribution >= 4 is 17.6 Å². The summed E-state index contributed by atoms with van der Waals surface area (Å²) in [4.78, 5) is 28.0. The van der Waals surface area contributed by atoms with Crippen molar-refractivity contribution in [2.45, 2.75) is 12.8 Å². The molecule has 24 heavy (non-hydrogen) atoms. The van der Waals surface area contributed by atoms with Crippen molar-refractivity contribution in [3.8, 4) is 0 Å². The number of benzene rings is 1. The smallest absolute Gasteiger partial charge is 0.321 e. The molecule has 2 N–H and O–H groups in total. The molecule has 1 aromatic rings. The molecule has 0 spiro atoms. The summed E-state index contributed by atoms with van der Waals surface area (Å²) in [6.07, 6.45) is 2.14. The van der Waals surface area contributed by atoms with Gasteiger partial charge in [0.05, 0.1) is 0 Å². The molecule has 0 saturated carbocycles. The van der Waals surface area contributed by atoms with Crippen LogP contribution in [0, 0.1) is 11.8 Å². The van der Waals surface area contributed by atoms with Crippen LogP contribution in [0.5, 0.6) is 0 Å². The van der Waals surface area contributed by atoms with E-state index in [1.54, 1.807) is 26.2 Å². The van der Waals surface area contributed by atoms with Gasteiger partial charge in [0.2, 0.25) is 0 Å². The summed E-state index contributed by atoms with van der Waals surface area (Å²) < 4.78 is 0. The van der Waals surface area contributed by atoms with E-state index in [-0.39, 0.29) is 11.9 Å². The van der Waals surface area contributed by atoms with Crippen LogP contribution < -0.4 is 10.6 Å². The molecule has 0 aromatic heterocycles. The first kappa shape index (κ1) is 16.8. The summed E-state index contributed by atoms with van der Waals surface area (Å²) in [5.41, 5.74) is 1.28. The summed E-state index contributed by atoms with van der Waals surface area (Å²) in [6, 6.07) is 7.00. The molecule has 2 atom stereocenters. The molecular formula is C18H26N4O2. The van der Waals surface area contributed by atoms with Crippen molar-refractivity contribution in [1.82, 2.24) is 15.1 Å². The summed E-state index contributed by atoms with van der Waals surface area (Å²) in [7, 11) is 3.38. The number of carbonyl (C=O) groups is 2. The fourth-order valence-electron chi connectivity index (χ4n) is 3.57. The monoisotopic (exact) mass is 330 g/mol. The lowest BCUT2D eigenvalue weighted by molar-refractivity contribution is 0.0758. The Kier molecular flexibility index (Phi) is 5.04. The second-order valence-corrected chi connectivity index (χ2v) is 6.95. The Morgan fingerprint density at radius 2 is 1.83 bits per heavy atom. The van der Waals surface area contributed by atoms with Crippen LogP contribution in [0.4, 0.5) is 10.5 Å². The van der Waals surface area contributed by atoms with E-state index < -0.39 is 0 Å². The molecule has 2 heterocycles. The van der Waals surface area contributed by atoms with Crippen LogP contribution in [0.2, 0.25) is 0 Å². The van der Waals surface area contributed by atoms with Crippen molar-refractivity contribution in [3.63, 3.8) is 0 Å². The van der Waals surface area contributed by atoms with Crippen LogP contribution in [0.15, 0.2) is 24.3 Å². The van der Waals surface area contributed by atoms with Gasteiger partial charge in [-0.05, 0) is 56.0 Å². The van der Waals surface area contributed by atoms with Gasteiger partial charge >= 0.3 is 6.03 Å². The summed E-state index contributed by atoms with van der Waals surface area (Å²) in [5, 5.41) is 6.25. The summed E-state index contributed by atoms with van der Waals surface area (Å²) >= 11 is 0. The van der Waals surface area contributed by atoms with Crippen molar-refractivity contribution in [2.24, 2.45) is 11.8 Å². The molecule has 0 radical (unpaired) electrons. The summed E-state index contributed by atoms with van der Waals surface area (Å²) in [6.45, 7) is 3.80. The van der Waals surface area contributed by atoms with Gasteiger partial charge in [0.25, 0.3) is 5.91 Å². The number of hydrogen-bond donors (Lipinski definition) is 2. The van der Waals surface area contributed by atoms with Gasteiger partial charge < -0.3 is 20.4 Å². The highest BCUT2D eigenvalue weighted by Gasteiger charge is 2.31. The molecule has 1 aromatic carbocycles. The Hall–Kier alpha value is -2.08. The number of nitrogens with one attached hydrogen (secondary N) is 2. The molecular weight excluding hydrogens is 304 g/mol. The number of rotatable bonds is 2. The number of carbonyl (C=O) groups excluding carboxylic acids is 2. The van der Waals surface area contributed by atoms with Gasteiger partial charge in [0.1, 0.15) is 0 Å². The zero-order valence-corrected chi connectivity index (χ0v) is 14.4. The normalized spacial score (nSPS) is 23.3. The first-order valence-electron chi connectivity index (χ1n) is 8.63. The van der Waals surface area contributed by atoms with Gasteiger partial charge in [-0.3, -0.25) is 4.79 Å². The fraction of sp³-hybridized carbons (Fsp3) is 0.556. The first-order valence-corrected chi connectivity index (χ1v) is 8.63. The number of nitrogens with zero attached hydrogens (tertiary/aromatic N) is 2. The van der Waals surface area contributed by atoms with E-state index in [2.05, 4.69) is 10.6 Å². The molecule has 2 aliphatic rings. The Morgan fingerprint density at radius 1 is 1.17 bits per heavy atom. The van der Waals surface area contributed by atoms with Crippen molar-refractivity contribution in [3.05, 3.63) is 29.8 Å². The second kappa shape index (κ2) is 7.21. The molecule has 0 aliphatic carbocycles. The molecule has 6 heteroatoms. The maximum Gasteiger partial charge on any atom is 0.321 e. The zero-order valence-electron chi connectivity index (χ0n) is 14.4. The maximum absolute atomic E-state index is 12.8. The Morgan fingerprint density at radius 3 is 2.46 bits per heavy atom. The minimum absolute atomic E-state index is 0.0592. The zero-order chi connectivity index (χ0) is 17.1. The topological polar surface area (TPSA) is 64.7 Å². The Labute approximate surface area is 143 Å². The lowest BCUT2D eigenvalue weighted by Crippen LogP contribution is -2.33. The van der Waals surface area contributed by atoms with Crippen LogP contribution in [-0.4, -0.2) is 62.0 Å². The van der Waals surface area contributed by atoms with Gasteiger partial charge in [-0.25, -0.2) is 4.79 Å². The molecule has 2 fully saturated rings. The van der Waals surface area contributed by atoms with Crippen LogP contribution in [0.25, 0.3) is 0 Å². The lowest BCUT2D eigenvalue weighted by atomic mass is 9.92. The highest BCUT2D eigenvalue weighted by molar-refractivity contribution is 5.96. The van der Waals surface area contributed by atoms with Gasteiger partial charge in [0.15, 0.2) is 0 Å². The van der Waals surface area contributed by atoms with Crippen molar-refractivity contribution in [2.75, 3.05) is 45.6 Å². The second-order valence-electron chi connectivity index (χ2n) is 6.95. The SMILES string of the molecule is CN(C)C(=O)Nc1cccc(C(=O)N2CC[C@@H]3CNC[C@@H]3CC2)c1. The minimum Gasteiger partial charge on any atom is -0.339 e. The molecule has 3 amide bonds. The quantitative estimate of drug-likeness (QED) is 0.870. The number of anilines is 1. The predicted octanol–water partition coefficient (Wildman–Crippen LogP) is 1.85. The van der Waals surface area contributed by atoms with E-state index in [0.717, 1.165) is 39.0 Å². The number of fused-ring (bicyclic) bond motifs is 1. The molecule has 0 unspecified atom stereocenters. The van der Waals surface area contributed by atoms with E-state index in [0.29, 0.717) is 23.1 Å². The molecule has 3 rings (SSSR count). The number of amides is 3. The lowest BCUT2D eigenvalue weighted by Gasteiger charge is -2.21. The molecule has 6 nitrogen and oxygen atoms in total. The molecule has 130 valence electrons. The van der Waals surface area contributed by atoms with E-state index in [1.165, 1.54) is 4.90 Å². The van der Waals surface area contributed by atoms with Crippen LogP contribution >= 0.6 is 0 Å². The van der Waals surface area contributed by atoms with Crippen LogP contribution in [0.1, 0.15) is 23.2 Å². The highest BCUT2D eigenvalue weighted by atomic mass is 16.2. The van der Waals surface area contributed by atoms with Gasteiger partial charge in [-0.2, -0.15) is 0 Å². The van der Waals surface area contributed by atoms with Crippen molar-refractivity contribution in [1.29, 1.82) is 0 Å². The predicted molar refractivity (Wildman–Crippen MR) is 94.1 cm³/mol. The van der Waals surface area contributed by atoms with Crippen LogP contribution in [-0.2, 0) is 0 Å². The van der Waals surface area contributed by atoms with Gasteiger partial charge in [-0.1, -0.05) is 6.07 Å². The summed E-state index contributed by atoms with van der Waals surface area (Å²) in [5.74, 6) is 1.46. The van der Waals surface area contributed by atoms with Crippen molar-refractivity contribution < 1.29 is 9.59 Å². The largest absolute Gasteiger partial charge is 0.339 e. The van der Waals surface area contributed by atoms with Crippen LogP contribution in [0.3, 0.4) is 0 Å². The van der Waals surface area contributed by atoms with E-state index >= 15 is 0 Å². The third kappa shape index (κ3) is 3.70. The Balaban J connectivity index is 1.67. The number of urea groups is 1. The average molecular weight is 330 g/mol. The average Bonchev–Trinajstić information content (AvgIpc) is 2.93. The van der Waals surface area contributed by atoms with E-state index in [9.17, 15) is 9.59 Å². The molecule has 2 saturated heterocycles. The minimum atomic E-state index is -0.199. The molecule has 0 bridgehead atoms. The van der Waals surface area contributed by atoms with E-state index in [1.807, 2.05) is 17.0 Å². The number of hydrogen-bond acceptors (Lipinski definition) is 3. The maximum atomic E-state index is 12.8.